The Kier molecular flexibility index (Phi) is 24.9. The molecule has 4 rings (SSSR count). The van der Waals surface area contributed by atoms with Crippen LogP contribution in [0.15, 0.2) is 48.5 Å². The molecule has 0 unspecified atom stereocenters. The zero-order valence-corrected chi connectivity index (χ0v) is 53.2. The summed E-state index contributed by atoms with van der Waals surface area (Å²) in [5, 5.41) is 0. The summed E-state index contributed by atoms with van der Waals surface area (Å²) in [6, 6.07) is 14.9. The number of esters is 4. The third-order valence-electron chi connectivity index (χ3n) is 10.3. The number of rotatable bonds is 16. The van der Waals surface area contributed by atoms with E-state index in [-0.39, 0.29) is 47.0 Å². The van der Waals surface area contributed by atoms with Gasteiger partial charge in [0, 0.05) is 19.5 Å². The van der Waals surface area contributed by atoms with Crippen molar-refractivity contribution in [3.05, 3.63) is 87.5 Å². The number of carbonyl (C=O) groups excluding carboxylic acids is 8. The topological polar surface area (TPSA) is 173 Å². The van der Waals surface area contributed by atoms with E-state index in [9.17, 15) is 38.4 Å². The Morgan fingerprint density at radius 1 is 0.289 bits per heavy atom. The van der Waals surface area contributed by atoms with Crippen LogP contribution in [0.1, 0.15) is 224 Å². The molecule has 12 nitrogen and oxygen atoms in total. The van der Waals surface area contributed by atoms with Crippen molar-refractivity contribution in [2.24, 2.45) is 21.7 Å². The third kappa shape index (κ3) is 26.1. The van der Waals surface area contributed by atoms with Gasteiger partial charge in [0.15, 0.2) is 23.1 Å². The van der Waals surface area contributed by atoms with E-state index in [1.807, 2.05) is 187 Å². The Labute approximate surface area is 470 Å². The number of thiophene rings is 4. The first-order chi connectivity index (χ1) is 34.0. The molecule has 76 heavy (non-hydrogen) atoms. The first kappa shape index (κ1) is 69.4. The lowest BCUT2D eigenvalue weighted by molar-refractivity contribution is -0.166. The van der Waals surface area contributed by atoms with Crippen molar-refractivity contribution in [2.45, 2.75) is 214 Å². The highest BCUT2D eigenvalue weighted by Crippen LogP contribution is 2.34. The fraction of sp³-hybridized carbons (Fsp3) is 0.600. The highest BCUT2D eigenvalue weighted by Gasteiger charge is 2.37. The molecule has 0 saturated carbocycles. The number of ether oxygens (including phenoxy) is 4. The molecule has 4 aromatic rings. The van der Waals surface area contributed by atoms with Crippen LogP contribution in [0.5, 0.6) is 0 Å². The smallest absolute Gasteiger partial charge is 0.312 e. The standard InChI is InChI=1S/4C15H22O3S/c4*1-10(16)12-8-7-11(19-12)9-15(5,6)13(17)18-14(2,3)4/h4*7-8H,9H2,1-6H3. The van der Waals surface area contributed by atoms with Gasteiger partial charge in [-0.15, -0.1) is 45.3 Å². The van der Waals surface area contributed by atoms with Gasteiger partial charge in [0.1, 0.15) is 22.4 Å². The molecular weight excluding hydrogens is 1040 g/mol. The van der Waals surface area contributed by atoms with E-state index in [1.54, 1.807) is 27.7 Å². The van der Waals surface area contributed by atoms with Crippen molar-refractivity contribution in [1.82, 2.24) is 0 Å². The van der Waals surface area contributed by atoms with Crippen LogP contribution in [0.25, 0.3) is 0 Å². The Balaban J connectivity index is 0.000000507. The molecule has 0 saturated heterocycles. The van der Waals surface area contributed by atoms with Gasteiger partial charge in [-0.2, -0.15) is 0 Å². The third-order valence-corrected chi connectivity index (χ3v) is 15.0. The maximum absolute atomic E-state index is 12.1. The Morgan fingerprint density at radius 2 is 0.434 bits per heavy atom. The molecule has 0 aliphatic carbocycles. The zero-order chi connectivity index (χ0) is 59.4. The number of hydrogen-bond donors (Lipinski definition) is 0. The SMILES string of the molecule is CC(=O)c1ccc(CC(C)(C)C(=O)OC(C)(C)C)s1.CC(=O)c1ccc(CC(C)(C)C(=O)OC(C)(C)C)s1.CC(=O)c1ccc(CC(C)(C)C(=O)OC(C)(C)C)s1.CC(=O)c1ccc(CC(C)(C)C(=O)OC(C)(C)C)s1. The minimum atomic E-state index is -0.591. The molecule has 16 heteroatoms. The van der Waals surface area contributed by atoms with E-state index < -0.39 is 44.1 Å². The Hall–Kier alpha value is -4.64. The summed E-state index contributed by atoms with van der Waals surface area (Å²) in [7, 11) is 0. The summed E-state index contributed by atoms with van der Waals surface area (Å²) in [5.74, 6) is -0.596. The van der Waals surface area contributed by atoms with Crippen LogP contribution < -0.4 is 0 Å². The Morgan fingerprint density at radius 3 is 0.539 bits per heavy atom. The maximum Gasteiger partial charge on any atom is 0.312 e. The number of carbonyl (C=O) groups is 8. The maximum atomic E-state index is 12.1. The predicted molar refractivity (Wildman–Crippen MR) is 311 cm³/mol. The van der Waals surface area contributed by atoms with Crippen molar-refractivity contribution in [1.29, 1.82) is 0 Å². The van der Waals surface area contributed by atoms with Crippen molar-refractivity contribution < 1.29 is 57.3 Å². The molecular formula is C60H88O12S4. The molecule has 0 fully saturated rings. The molecule has 424 valence electrons. The lowest BCUT2D eigenvalue weighted by Gasteiger charge is -2.28. The molecule has 0 spiro atoms. The van der Waals surface area contributed by atoms with Crippen LogP contribution >= 0.6 is 45.3 Å². The van der Waals surface area contributed by atoms with Gasteiger partial charge in [-0.1, -0.05) is 0 Å². The van der Waals surface area contributed by atoms with Crippen LogP contribution in [0.2, 0.25) is 0 Å². The van der Waals surface area contributed by atoms with Crippen molar-refractivity contribution in [2.75, 3.05) is 0 Å². The van der Waals surface area contributed by atoms with Gasteiger partial charge in [-0.25, -0.2) is 0 Å². The molecule has 0 aliphatic rings. The second-order valence-corrected chi connectivity index (χ2v) is 30.2. The van der Waals surface area contributed by atoms with Gasteiger partial charge in [0.25, 0.3) is 0 Å². The lowest BCUT2D eigenvalue weighted by Crippen LogP contribution is -2.35. The number of hydrogen-bond acceptors (Lipinski definition) is 16. The van der Waals surface area contributed by atoms with Crippen LogP contribution in [-0.2, 0) is 63.8 Å². The van der Waals surface area contributed by atoms with Gasteiger partial charge >= 0.3 is 23.9 Å². The van der Waals surface area contributed by atoms with E-state index in [2.05, 4.69) is 0 Å². The summed E-state index contributed by atoms with van der Waals surface area (Å²) in [4.78, 5) is 101. The summed E-state index contributed by atoms with van der Waals surface area (Å²) >= 11 is 5.78. The molecule has 0 aliphatic heterocycles. The van der Waals surface area contributed by atoms with E-state index in [4.69, 9.17) is 18.9 Å². The molecule has 0 N–H and O–H groups in total. The van der Waals surface area contributed by atoms with Crippen molar-refractivity contribution in [3.8, 4) is 0 Å². The monoisotopic (exact) mass is 1130 g/mol. The second kappa shape index (κ2) is 27.3. The normalized spacial score (nSPS) is 12.3. The fourth-order valence-electron chi connectivity index (χ4n) is 6.34. The van der Waals surface area contributed by atoms with Gasteiger partial charge < -0.3 is 18.9 Å². The minimum absolute atomic E-state index is 0.0614. The van der Waals surface area contributed by atoms with Crippen LogP contribution in [-0.4, -0.2) is 69.4 Å². The summed E-state index contributed by atoms with van der Waals surface area (Å²) in [5.41, 5.74) is -4.28. The largest absolute Gasteiger partial charge is 0.460 e. The molecule has 4 heterocycles. The lowest BCUT2D eigenvalue weighted by atomic mass is 9.88. The summed E-state index contributed by atoms with van der Waals surface area (Å²) in [6.07, 6.45) is 2.33. The summed E-state index contributed by atoms with van der Waals surface area (Å²) < 4.78 is 21.7. The summed E-state index contributed by atoms with van der Waals surface area (Å²) in [6.45, 7) is 43.5. The van der Waals surface area contributed by atoms with Gasteiger partial charge in [-0.05, 0) is 240 Å². The van der Waals surface area contributed by atoms with Gasteiger partial charge in [0.2, 0.25) is 0 Å². The molecule has 0 atom stereocenters. The van der Waals surface area contributed by atoms with Crippen molar-refractivity contribution >= 4 is 92.4 Å². The molecule has 4 aromatic heterocycles. The van der Waals surface area contributed by atoms with E-state index in [0.717, 1.165) is 39.0 Å². The van der Waals surface area contributed by atoms with Crippen molar-refractivity contribution in [3.63, 3.8) is 0 Å². The molecule has 0 amide bonds. The molecule has 0 bridgehead atoms. The van der Waals surface area contributed by atoms with E-state index >= 15 is 0 Å². The molecule has 0 radical (unpaired) electrons. The first-order valence-electron chi connectivity index (χ1n) is 25.4. The molecule has 0 aromatic carbocycles. The average Bonchev–Trinajstić information content (AvgIpc) is 4.04. The second-order valence-electron chi connectivity index (χ2n) is 25.5. The van der Waals surface area contributed by atoms with E-state index in [0.29, 0.717) is 25.7 Å². The minimum Gasteiger partial charge on any atom is -0.460 e. The number of Topliss-reactive ketones (excluding diaryl/α,β-unsaturated/α-hetero) is 4. The first-order valence-corrected chi connectivity index (χ1v) is 28.6. The van der Waals surface area contributed by atoms with Crippen LogP contribution in [0.4, 0.5) is 0 Å². The van der Waals surface area contributed by atoms with Gasteiger partial charge in [-0.3, -0.25) is 38.4 Å². The van der Waals surface area contributed by atoms with Crippen LogP contribution in [0.3, 0.4) is 0 Å². The highest BCUT2D eigenvalue weighted by molar-refractivity contribution is 7.15. The number of ketones is 4. The van der Waals surface area contributed by atoms with E-state index in [1.165, 1.54) is 45.3 Å². The van der Waals surface area contributed by atoms with Crippen LogP contribution in [0, 0.1) is 21.7 Å². The fourth-order valence-corrected chi connectivity index (χ4v) is 10.9. The predicted octanol–water partition coefficient (Wildman–Crippen LogP) is 15.4. The average molecular weight is 1130 g/mol. The quantitative estimate of drug-likeness (QED) is 0.0591. The highest BCUT2D eigenvalue weighted by atomic mass is 32.1. The van der Waals surface area contributed by atoms with Gasteiger partial charge in [0.05, 0.1) is 41.2 Å². The zero-order valence-electron chi connectivity index (χ0n) is 50.0. The Bertz CT molecular complexity index is 2270.